The predicted octanol–water partition coefficient (Wildman–Crippen LogP) is -0.539. The van der Waals surface area contributed by atoms with Crippen molar-refractivity contribution in [1.29, 1.82) is 0 Å². The van der Waals surface area contributed by atoms with Crippen molar-refractivity contribution in [2.24, 2.45) is 10.1 Å². The Hall–Kier alpha value is -0.820. The molecular weight excluding hydrogens is 200 g/mol. The van der Waals surface area contributed by atoms with Crippen LogP contribution in [0.2, 0.25) is 0 Å². The van der Waals surface area contributed by atoms with Crippen LogP contribution in [0.1, 0.15) is 0 Å². The van der Waals surface area contributed by atoms with Gasteiger partial charge in [0.1, 0.15) is 5.71 Å². The van der Waals surface area contributed by atoms with Gasteiger partial charge in [-0.3, -0.25) is 4.79 Å². The van der Waals surface area contributed by atoms with E-state index in [1.54, 1.807) is 6.26 Å². The maximum absolute atomic E-state index is 10.9. The van der Waals surface area contributed by atoms with E-state index >= 15 is 0 Å². The maximum atomic E-state index is 10.9. The molecule has 12 heavy (non-hydrogen) atoms. The van der Waals surface area contributed by atoms with Crippen molar-refractivity contribution in [3.63, 3.8) is 0 Å². The highest BCUT2D eigenvalue weighted by molar-refractivity contribution is 8.15. The topological polar surface area (TPSA) is 89.6 Å². The third kappa shape index (κ3) is 1.51. The SMILES string of the molecule is CSC(=O)C1=NS(=O)(=O)C(N)=C1. The van der Waals surface area contributed by atoms with Crippen molar-refractivity contribution in [3.05, 3.63) is 11.1 Å². The van der Waals surface area contributed by atoms with Gasteiger partial charge in [0.05, 0.1) is 0 Å². The molecule has 5 nitrogen and oxygen atoms in total. The van der Waals surface area contributed by atoms with E-state index in [4.69, 9.17) is 5.73 Å². The van der Waals surface area contributed by atoms with Crippen molar-refractivity contribution >= 4 is 32.6 Å². The molecule has 0 bridgehead atoms. The summed E-state index contributed by atoms with van der Waals surface area (Å²) in [6.07, 6.45) is 2.61. The number of rotatable bonds is 1. The van der Waals surface area contributed by atoms with Crippen molar-refractivity contribution in [2.75, 3.05) is 6.26 Å². The summed E-state index contributed by atoms with van der Waals surface area (Å²) in [6, 6.07) is 0. The number of thioether (sulfide) groups is 1. The number of carbonyl (C=O) groups is 1. The number of sulfonamides is 1. The van der Waals surface area contributed by atoms with E-state index in [9.17, 15) is 13.2 Å². The van der Waals surface area contributed by atoms with Crippen molar-refractivity contribution < 1.29 is 13.2 Å². The third-order valence-corrected chi connectivity index (χ3v) is 2.92. The Morgan fingerprint density at radius 3 is 2.58 bits per heavy atom. The van der Waals surface area contributed by atoms with E-state index in [2.05, 4.69) is 4.40 Å². The average Bonchev–Trinajstić information content (AvgIpc) is 2.25. The van der Waals surface area contributed by atoms with Crippen LogP contribution in [0, 0.1) is 0 Å². The number of hydrogen-bond donors (Lipinski definition) is 1. The summed E-state index contributed by atoms with van der Waals surface area (Å²) >= 11 is 0.891. The lowest BCUT2D eigenvalue weighted by atomic mass is 10.4. The van der Waals surface area contributed by atoms with Gasteiger partial charge in [-0.05, 0) is 6.26 Å². The van der Waals surface area contributed by atoms with E-state index in [0.29, 0.717) is 0 Å². The zero-order valence-electron chi connectivity index (χ0n) is 6.14. The monoisotopic (exact) mass is 206 g/mol. The molecule has 1 rings (SSSR count). The van der Waals surface area contributed by atoms with Crippen molar-refractivity contribution in [3.8, 4) is 0 Å². The van der Waals surface area contributed by atoms with Crippen LogP contribution in [0.4, 0.5) is 0 Å². The van der Waals surface area contributed by atoms with Crippen LogP contribution in [-0.2, 0) is 14.8 Å². The smallest absolute Gasteiger partial charge is 0.297 e. The molecule has 2 N–H and O–H groups in total. The van der Waals surface area contributed by atoms with E-state index < -0.39 is 15.1 Å². The number of carbonyl (C=O) groups excluding carboxylic acids is 1. The minimum Gasteiger partial charge on any atom is -0.388 e. The highest BCUT2D eigenvalue weighted by atomic mass is 32.2. The lowest BCUT2D eigenvalue weighted by molar-refractivity contribution is -0.105. The van der Waals surface area contributed by atoms with Crippen LogP contribution >= 0.6 is 11.8 Å². The van der Waals surface area contributed by atoms with Crippen LogP contribution in [-0.4, -0.2) is 25.5 Å². The Labute approximate surface area is 73.8 Å². The van der Waals surface area contributed by atoms with E-state index in [1.807, 2.05) is 0 Å². The Kier molecular flexibility index (Phi) is 2.25. The largest absolute Gasteiger partial charge is 0.388 e. The fraction of sp³-hybridized carbons (Fsp3) is 0.200. The van der Waals surface area contributed by atoms with Crippen LogP contribution < -0.4 is 5.73 Å². The highest BCUT2D eigenvalue weighted by Gasteiger charge is 2.24. The van der Waals surface area contributed by atoms with Crippen molar-refractivity contribution in [1.82, 2.24) is 0 Å². The third-order valence-electron chi connectivity index (χ3n) is 1.19. The standard InChI is InChI=1S/C5H6N2O3S2/c1-11-5(8)3-2-4(6)12(9,10)7-3/h2H,6H2,1H3. The Balaban J connectivity index is 3.10. The molecule has 0 fully saturated rings. The zero-order chi connectivity index (χ0) is 9.35. The molecule has 0 atom stereocenters. The maximum Gasteiger partial charge on any atom is 0.297 e. The van der Waals surface area contributed by atoms with Gasteiger partial charge in [0, 0.05) is 6.08 Å². The second-order valence-electron chi connectivity index (χ2n) is 1.99. The normalized spacial score (nSPS) is 20.1. The second-order valence-corrected chi connectivity index (χ2v) is 4.37. The van der Waals surface area contributed by atoms with Gasteiger partial charge in [-0.25, -0.2) is 0 Å². The molecule has 0 saturated carbocycles. The second kappa shape index (κ2) is 2.91. The molecule has 1 heterocycles. The molecule has 1 aliphatic rings. The van der Waals surface area contributed by atoms with Gasteiger partial charge in [0.25, 0.3) is 10.0 Å². The lowest BCUT2D eigenvalue weighted by Crippen LogP contribution is -2.04. The molecule has 66 valence electrons. The molecule has 0 spiro atoms. The summed E-state index contributed by atoms with van der Waals surface area (Å²) in [5.41, 5.74) is 4.98. The van der Waals surface area contributed by atoms with Gasteiger partial charge >= 0.3 is 0 Å². The van der Waals surface area contributed by atoms with Crippen LogP contribution in [0.25, 0.3) is 0 Å². The summed E-state index contributed by atoms with van der Waals surface area (Å²) in [4.78, 5) is 10.9. The molecule has 0 aromatic rings. The molecule has 0 radical (unpaired) electrons. The summed E-state index contributed by atoms with van der Waals surface area (Å²) in [6.45, 7) is 0. The predicted molar refractivity (Wildman–Crippen MR) is 47.1 cm³/mol. The summed E-state index contributed by atoms with van der Waals surface area (Å²) < 4.78 is 24.9. The number of nitrogens with zero attached hydrogens (tertiary/aromatic N) is 1. The lowest BCUT2D eigenvalue weighted by Gasteiger charge is -1.87. The van der Waals surface area contributed by atoms with Crippen LogP contribution in [0.15, 0.2) is 15.5 Å². The molecule has 0 unspecified atom stereocenters. The summed E-state index contributed by atoms with van der Waals surface area (Å²) in [5.74, 6) is 0. The van der Waals surface area contributed by atoms with Gasteiger partial charge in [-0.2, -0.15) is 12.8 Å². The van der Waals surface area contributed by atoms with Gasteiger partial charge in [-0.1, -0.05) is 11.8 Å². The number of hydrogen-bond acceptors (Lipinski definition) is 5. The first-order valence-electron chi connectivity index (χ1n) is 2.88. The first-order valence-corrected chi connectivity index (χ1v) is 5.54. The first-order chi connectivity index (χ1) is 5.47. The number of nitrogens with two attached hydrogens (primary N) is 1. The molecule has 1 aliphatic heterocycles. The van der Waals surface area contributed by atoms with E-state index in [0.717, 1.165) is 17.8 Å². The van der Waals surface area contributed by atoms with Crippen LogP contribution in [0.3, 0.4) is 0 Å². The zero-order valence-corrected chi connectivity index (χ0v) is 7.78. The Bertz CT molecular complexity index is 379. The minimum atomic E-state index is -3.74. The van der Waals surface area contributed by atoms with Crippen molar-refractivity contribution in [2.45, 2.75) is 0 Å². The average molecular weight is 206 g/mol. The quantitative estimate of drug-likeness (QED) is 0.622. The highest BCUT2D eigenvalue weighted by Crippen LogP contribution is 2.14. The first kappa shape index (κ1) is 9.27. The molecule has 0 aromatic heterocycles. The van der Waals surface area contributed by atoms with Crippen LogP contribution in [0.5, 0.6) is 0 Å². The Morgan fingerprint density at radius 2 is 2.25 bits per heavy atom. The van der Waals surface area contributed by atoms with Gasteiger partial charge in [0.15, 0.2) is 5.03 Å². The number of allylic oxidation sites excluding steroid dienone is 1. The van der Waals surface area contributed by atoms with E-state index in [-0.39, 0.29) is 10.7 Å². The summed E-state index contributed by atoms with van der Waals surface area (Å²) in [7, 11) is -3.74. The molecule has 0 amide bonds. The van der Waals surface area contributed by atoms with Gasteiger partial charge in [-0.15, -0.1) is 0 Å². The minimum absolute atomic E-state index is 0.111. The molecule has 0 saturated heterocycles. The molecule has 7 heteroatoms. The Morgan fingerprint density at radius 1 is 1.67 bits per heavy atom. The molecule has 0 aromatic carbocycles. The van der Waals surface area contributed by atoms with E-state index in [1.165, 1.54) is 0 Å². The van der Waals surface area contributed by atoms with Gasteiger partial charge in [0.2, 0.25) is 5.12 Å². The fourth-order valence-electron chi connectivity index (χ4n) is 0.619. The molecule has 0 aliphatic carbocycles. The summed E-state index contributed by atoms with van der Waals surface area (Å²) in [5, 5.41) is -0.779. The fourth-order valence-corrected chi connectivity index (χ4v) is 1.75. The molecular formula is C5H6N2O3S2. The van der Waals surface area contributed by atoms with Gasteiger partial charge < -0.3 is 5.73 Å².